The van der Waals surface area contributed by atoms with Crippen LogP contribution in [0.3, 0.4) is 0 Å². The minimum absolute atomic E-state index is 0.0349. The van der Waals surface area contributed by atoms with Crippen molar-refractivity contribution in [1.82, 2.24) is 10.6 Å². The third-order valence-electron chi connectivity index (χ3n) is 3.02. The van der Waals surface area contributed by atoms with Crippen LogP contribution in [0, 0.1) is 0 Å². The first-order valence-corrected chi connectivity index (χ1v) is 6.05. The van der Waals surface area contributed by atoms with Crippen LogP contribution in [0.25, 0.3) is 0 Å². The molecule has 0 spiro atoms. The Bertz CT molecular complexity index is 393. The largest absolute Gasteiger partial charge is 0.508 e. The van der Waals surface area contributed by atoms with Crippen LogP contribution >= 0.6 is 0 Å². The van der Waals surface area contributed by atoms with Gasteiger partial charge in [-0.3, -0.25) is 4.79 Å². The van der Waals surface area contributed by atoms with Crippen molar-refractivity contribution in [3.05, 3.63) is 29.8 Å². The van der Waals surface area contributed by atoms with Gasteiger partial charge in [0.15, 0.2) is 0 Å². The molecule has 1 aliphatic heterocycles. The van der Waals surface area contributed by atoms with Crippen LogP contribution in [0.5, 0.6) is 5.75 Å². The fourth-order valence-electron chi connectivity index (χ4n) is 2.09. The molecule has 0 saturated carbocycles. The lowest BCUT2D eigenvalue weighted by Gasteiger charge is -2.18. The monoisotopic (exact) mass is 234 g/mol. The predicted octanol–water partition coefficient (Wildman–Crippen LogP) is 1.32. The normalized spacial score (nSPS) is 22.1. The molecule has 92 valence electrons. The number of phenolic OH excluding ortho intramolecular Hbond substituents is 1. The number of rotatable bonds is 1. The summed E-state index contributed by atoms with van der Waals surface area (Å²) in [5.41, 5.74) is 0.796. The van der Waals surface area contributed by atoms with Crippen molar-refractivity contribution in [2.75, 3.05) is 13.1 Å². The third-order valence-corrected chi connectivity index (χ3v) is 3.02. The molecule has 1 aromatic rings. The van der Waals surface area contributed by atoms with Crippen molar-refractivity contribution < 1.29 is 9.90 Å². The summed E-state index contributed by atoms with van der Waals surface area (Å²) in [6.07, 6.45) is 2.40. The molecule has 3 N–H and O–H groups in total. The van der Waals surface area contributed by atoms with Crippen molar-refractivity contribution in [2.45, 2.75) is 25.3 Å². The van der Waals surface area contributed by atoms with Gasteiger partial charge in [-0.1, -0.05) is 18.2 Å². The zero-order valence-corrected chi connectivity index (χ0v) is 9.78. The summed E-state index contributed by atoms with van der Waals surface area (Å²) in [6, 6.07) is 7.07. The molecule has 1 fully saturated rings. The highest BCUT2D eigenvalue weighted by molar-refractivity contribution is 5.77. The van der Waals surface area contributed by atoms with E-state index in [0.29, 0.717) is 6.42 Å². The van der Waals surface area contributed by atoms with Crippen molar-refractivity contribution in [1.29, 1.82) is 0 Å². The summed E-state index contributed by atoms with van der Waals surface area (Å²) in [6.45, 7) is 1.61. The van der Waals surface area contributed by atoms with Gasteiger partial charge in [-0.05, 0) is 25.5 Å². The smallest absolute Gasteiger partial charge is 0.221 e. The van der Waals surface area contributed by atoms with E-state index < -0.39 is 0 Å². The summed E-state index contributed by atoms with van der Waals surface area (Å²) >= 11 is 0. The predicted molar refractivity (Wildman–Crippen MR) is 65.7 cm³/mol. The maximum absolute atomic E-state index is 11.7. The van der Waals surface area contributed by atoms with E-state index in [0.717, 1.165) is 31.5 Å². The van der Waals surface area contributed by atoms with E-state index in [1.165, 1.54) is 0 Å². The van der Waals surface area contributed by atoms with Gasteiger partial charge in [0.1, 0.15) is 5.75 Å². The zero-order valence-electron chi connectivity index (χ0n) is 9.78. The van der Waals surface area contributed by atoms with E-state index in [-0.39, 0.29) is 17.7 Å². The van der Waals surface area contributed by atoms with Gasteiger partial charge in [-0.2, -0.15) is 0 Å². The van der Waals surface area contributed by atoms with Crippen LogP contribution in [-0.4, -0.2) is 24.1 Å². The standard InChI is InChI=1S/C13H18N2O2/c16-12-6-2-1-5-10(12)11-9-13(17)15-8-4-3-7-14-11/h1-2,5-6,11,14,16H,3-4,7-9H2,(H,15,17). The Morgan fingerprint density at radius 3 is 2.76 bits per heavy atom. The molecule has 1 aliphatic rings. The SMILES string of the molecule is O=C1CC(c2ccccc2O)NCCCCN1. The molecule has 1 aromatic carbocycles. The summed E-state index contributed by atoms with van der Waals surface area (Å²) in [7, 11) is 0. The first kappa shape index (κ1) is 11.9. The van der Waals surface area contributed by atoms with Crippen molar-refractivity contribution in [2.24, 2.45) is 0 Å². The number of carbonyl (C=O) groups excluding carboxylic acids is 1. The second-order valence-electron chi connectivity index (χ2n) is 4.33. The summed E-state index contributed by atoms with van der Waals surface area (Å²) in [4.78, 5) is 11.7. The van der Waals surface area contributed by atoms with Crippen LogP contribution in [0.2, 0.25) is 0 Å². The highest BCUT2D eigenvalue weighted by Crippen LogP contribution is 2.26. The Morgan fingerprint density at radius 2 is 1.94 bits per heavy atom. The van der Waals surface area contributed by atoms with Gasteiger partial charge in [0, 0.05) is 24.6 Å². The number of para-hydroxylation sites is 1. The topological polar surface area (TPSA) is 61.4 Å². The second kappa shape index (κ2) is 5.68. The third kappa shape index (κ3) is 3.20. The van der Waals surface area contributed by atoms with Gasteiger partial charge in [0.05, 0.1) is 0 Å². The summed E-state index contributed by atoms with van der Waals surface area (Å²) in [5.74, 6) is 0.282. The van der Waals surface area contributed by atoms with E-state index in [1.807, 2.05) is 12.1 Å². The Labute approximate surface area is 101 Å². The Kier molecular flexibility index (Phi) is 3.98. The number of nitrogens with one attached hydrogen (secondary N) is 2. The Balaban J connectivity index is 2.16. The van der Waals surface area contributed by atoms with E-state index >= 15 is 0 Å². The number of carbonyl (C=O) groups is 1. The molecule has 17 heavy (non-hydrogen) atoms. The maximum Gasteiger partial charge on any atom is 0.221 e. The number of hydrogen-bond donors (Lipinski definition) is 3. The van der Waals surface area contributed by atoms with Gasteiger partial charge in [-0.25, -0.2) is 0 Å². The number of benzene rings is 1. The lowest BCUT2D eigenvalue weighted by Crippen LogP contribution is -2.29. The molecule has 1 heterocycles. The van der Waals surface area contributed by atoms with Gasteiger partial charge in [-0.15, -0.1) is 0 Å². The lowest BCUT2D eigenvalue weighted by atomic mass is 10.0. The maximum atomic E-state index is 11.7. The van der Waals surface area contributed by atoms with Gasteiger partial charge in [0.2, 0.25) is 5.91 Å². The van der Waals surface area contributed by atoms with E-state index in [9.17, 15) is 9.90 Å². The molecule has 0 aliphatic carbocycles. The minimum Gasteiger partial charge on any atom is -0.508 e. The number of hydrogen-bond acceptors (Lipinski definition) is 3. The molecular formula is C13H18N2O2. The van der Waals surface area contributed by atoms with Gasteiger partial charge >= 0.3 is 0 Å². The van der Waals surface area contributed by atoms with Gasteiger partial charge < -0.3 is 15.7 Å². The molecule has 1 unspecified atom stereocenters. The highest BCUT2D eigenvalue weighted by Gasteiger charge is 2.18. The van der Waals surface area contributed by atoms with Crippen LogP contribution in [-0.2, 0) is 4.79 Å². The second-order valence-corrected chi connectivity index (χ2v) is 4.33. The average molecular weight is 234 g/mol. The number of phenols is 1. The quantitative estimate of drug-likeness (QED) is 0.687. The fraction of sp³-hybridized carbons (Fsp3) is 0.462. The highest BCUT2D eigenvalue weighted by atomic mass is 16.3. The summed E-state index contributed by atoms with van der Waals surface area (Å²) < 4.78 is 0. The van der Waals surface area contributed by atoms with Crippen molar-refractivity contribution in [3.8, 4) is 5.75 Å². The fourth-order valence-corrected chi connectivity index (χ4v) is 2.09. The van der Waals surface area contributed by atoms with Gasteiger partial charge in [0.25, 0.3) is 0 Å². The molecule has 4 nitrogen and oxygen atoms in total. The zero-order chi connectivity index (χ0) is 12.1. The molecule has 1 amide bonds. The molecule has 0 aromatic heterocycles. The lowest BCUT2D eigenvalue weighted by molar-refractivity contribution is -0.121. The molecule has 0 bridgehead atoms. The Morgan fingerprint density at radius 1 is 1.18 bits per heavy atom. The molecule has 1 saturated heterocycles. The number of aromatic hydroxyl groups is 1. The van der Waals surface area contributed by atoms with E-state index in [4.69, 9.17) is 0 Å². The van der Waals surface area contributed by atoms with Crippen LogP contribution in [0.15, 0.2) is 24.3 Å². The summed E-state index contributed by atoms with van der Waals surface area (Å²) in [5, 5.41) is 16.0. The molecule has 4 heteroatoms. The molecular weight excluding hydrogens is 216 g/mol. The van der Waals surface area contributed by atoms with Crippen molar-refractivity contribution in [3.63, 3.8) is 0 Å². The molecule has 2 rings (SSSR count). The first-order chi connectivity index (χ1) is 8.27. The number of amides is 1. The van der Waals surface area contributed by atoms with Crippen LogP contribution in [0.4, 0.5) is 0 Å². The molecule has 0 radical (unpaired) electrons. The van der Waals surface area contributed by atoms with Crippen LogP contribution < -0.4 is 10.6 Å². The van der Waals surface area contributed by atoms with E-state index in [1.54, 1.807) is 12.1 Å². The minimum atomic E-state index is -0.103. The first-order valence-electron chi connectivity index (χ1n) is 6.05. The van der Waals surface area contributed by atoms with E-state index in [2.05, 4.69) is 10.6 Å². The van der Waals surface area contributed by atoms with Crippen molar-refractivity contribution >= 4 is 5.91 Å². The van der Waals surface area contributed by atoms with Crippen LogP contribution in [0.1, 0.15) is 30.9 Å². The Hall–Kier alpha value is -1.55. The molecule has 1 atom stereocenters. The average Bonchev–Trinajstić information content (AvgIpc) is 2.42.